The molecule has 0 aliphatic carbocycles. The van der Waals surface area contributed by atoms with Crippen LogP contribution in [-0.4, -0.2) is 7.11 Å². The molecule has 116 valence electrons. The molecule has 3 aromatic rings. The molecule has 0 bridgehead atoms. The number of rotatable bonds is 5. The second-order valence-corrected chi connectivity index (χ2v) is 5.72. The van der Waals surface area contributed by atoms with E-state index in [2.05, 4.69) is 67.6 Å². The van der Waals surface area contributed by atoms with E-state index in [1.54, 1.807) is 7.11 Å². The summed E-state index contributed by atoms with van der Waals surface area (Å²) >= 11 is 0. The average Bonchev–Trinajstić information content (AvgIpc) is 2.63. The monoisotopic (exact) mass is 302 g/mol. The highest BCUT2D eigenvalue weighted by Gasteiger charge is 2.09. The van der Waals surface area contributed by atoms with Crippen molar-refractivity contribution in [1.29, 1.82) is 0 Å². The minimum Gasteiger partial charge on any atom is -0.497 e. The first-order valence-electron chi connectivity index (χ1n) is 8.14. The molecule has 0 atom stereocenters. The van der Waals surface area contributed by atoms with Gasteiger partial charge in [-0.3, -0.25) is 0 Å². The minimum absolute atomic E-state index is 0.889. The van der Waals surface area contributed by atoms with E-state index in [0.29, 0.717) is 0 Å². The molecule has 0 saturated carbocycles. The van der Waals surface area contributed by atoms with Crippen molar-refractivity contribution in [3.8, 4) is 28.0 Å². The van der Waals surface area contributed by atoms with Gasteiger partial charge in [0.2, 0.25) is 0 Å². The fourth-order valence-corrected chi connectivity index (χ4v) is 2.91. The molecular formula is C22H22O. The van der Waals surface area contributed by atoms with Crippen molar-refractivity contribution in [3.05, 3.63) is 78.4 Å². The number of benzene rings is 3. The maximum absolute atomic E-state index is 5.28. The van der Waals surface area contributed by atoms with Crippen LogP contribution in [0.5, 0.6) is 5.75 Å². The fourth-order valence-electron chi connectivity index (χ4n) is 2.91. The van der Waals surface area contributed by atoms with E-state index < -0.39 is 0 Å². The largest absolute Gasteiger partial charge is 0.497 e. The van der Waals surface area contributed by atoms with Crippen molar-refractivity contribution >= 4 is 0 Å². The first-order chi connectivity index (χ1) is 11.3. The van der Waals surface area contributed by atoms with Crippen LogP contribution in [0.25, 0.3) is 22.3 Å². The van der Waals surface area contributed by atoms with Crippen molar-refractivity contribution in [2.75, 3.05) is 7.11 Å². The summed E-state index contributed by atoms with van der Waals surface area (Å²) in [6.07, 6.45) is 2.27. The molecule has 0 aromatic heterocycles. The van der Waals surface area contributed by atoms with Crippen LogP contribution in [-0.2, 0) is 6.42 Å². The maximum Gasteiger partial charge on any atom is 0.118 e. The Labute approximate surface area is 138 Å². The van der Waals surface area contributed by atoms with E-state index in [9.17, 15) is 0 Å². The molecule has 0 N–H and O–H groups in total. The van der Waals surface area contributed by atoms with Gasteiger partial charge in [0.25, 0.3) is 0 Å². The second kappa shape index (κ2) is 7.15. The third kappa shape index (κ3) is 3.45. The molecule has 0 fully saturated rings. The van der Waals surface area contributed by atoms with Gasteiger partial charge in [0, 0.05) is 0 Å². The Bertz CT molecular complexity index is 758. The van der Waals surface area contributed by atoms with Gasteiger partial charge in [-0.2, -0.15) is 0 Å². The molecule has 3 rings (SSSR count). The third-order valence-electron chi connectivity index (χ3n) is 4.11. The van der Waals surface area contributed by atoms with E-state index in [-0.39, 0.29) is 0 Å². The molecule has 1 nitrogen and oxygen atoms in total. The summed E-state index contributed by atoms with van der Waals surface area (Å²) in [5, 5.41) is 0. The van der Waals surface area contributed by atoms with E-state index in [1.165, 1.54) is 27.8 Å². The normalized spacial score (nSPS) is 10.5. The van der Waals surface area contributed by atoms with Crippen LogP contribution in [0.3, 0.4) is 0 Å². The Morgan fingerprint density at radius 3 is 2.09 bits per heavy atom. The first-order valence-corrected chi connectivity index (χ1v) is 8.14. The standard InChI is InChI=1S/C22H22O/c1-3-7-17-10-15-21(18-8-5-4-6-9-18)22(16-17)19-11-13-20(23-2)14-12-19/h4-6,8-16H,3,7H2,1-2H3. The predicted octanol–water partition coefficient (Wildman–Crippen LogP) is 5.98. The zero-order chi connectivity index (χ0) is 16.1. The smallest absolute Gasteiger partial charge is 0.118 e. The van der Waals surface area contributed by atoms with Gasteiger partial charge in [-0.25, -0.2) is 0 Å². The van der Waals surface area contributed by atoms with E-state index >= 15 is 0 Å². The SMILES string of the molecule is CCCc1ccc(-c2ccccc2)c(-c2ccc(OC)cc2)c1. The molecule has 0 amide bonds. The molecule has 0 radical (unpaired) electrons. The zero-order valence-corrected chi connectivity index (χ0v) is 13.8. The Morgan fingerprint density at radius 2 is 1.43 bits per heavy atom. The van der Waals surface area contributed by atoms with Gasteiger partial charge >= 0.3 is 0 Å². The quantitative estimate of drug-likeness (QED) is 0.563. The van der Waals surface area contributed by atoms with Gasteiger partial charge in [-0.05, 0) is 46.4 Å². The average molecular weight is 302 g/mol. The Kier molecular flexibility index (Phi) is 4.77. The van der Waals surface area contributed by atoms with Crippen molar-refractivity contribution in [3.63, 3.8) is 0 Å². The van der Waals surface area contributed by atoms with Crippen molar-refractivity contribution in [1.82, 2.24) is 0 Å². The number of hydrogen-bond acceptors (Lipinski definition) is 1. The minimum atomic E-state index is 0.889. The Balaban J connectivity index is 2.12. The summed E-state index contributed by atoms with van der Waals surface area (Å²) in [5.74, 6) is 0.889. The molecule has 23 heavy (non-hydrogen) atoms. The topological polar surface area (TPSA) is 9.23 Å². The van der Waals surface area contributed by atoms with Gasteiger partial charge in [-0.1, -0.05) is 74.0 Å². The highest BCUT2D eigenvalue weighted by Crippen LogP contribution is 2.34. The fraction of sp³-hybridized carbons (Fsp3) is 0.182. The number of ether oxygens (including phenoxy) is 1. The Morgan fingerprint density at radius 1 is 0.739 bits per heavy atom. The highest BCUT2D eigenvalue weighted by molar-refractivity contribution is 5.84. The summed E-state index contributed by atoms with van der Waals surface area (Å²) in [6.45, 7) is 2.22. The van der Waals surface area contributed by atoms with E-state index in [1.807, 2.05) is 12.1 Å². The molecule has 0 saturated heterocycles. The van der Waals surface area contributed by atoms with E-state index in [0.717, 1.165) is 18.6 Å². The van der Waals surface area contributed by atoms with Crippen LogP contribution in [0.4, 0.5) is 0 Å². The number of methoxy groups -OCH3 is 1. The van der Waals surface area contributed by atoms with Crippen LogP contribution in [0.2, 0.25) is 0 Å². The maximum atomic E-state index is 5.28. The van der Waals surface area contributed by atoms with Crippen molar-refractivity contribution < 1.29 is 4.74 Å². The van der Waals surface area contributed by atoms with E-state index in [4.69, 9.17) is 4.74 Å². The number of hydrogen-bond donors (Lipinski definition) is 0. The lowest BCUT2D eigenvalue weighted by molar-refractivity contribution is 0.415. The first kappa shape index (κ1) is 15.4. The van der Waals surface area contributed by atoms with Gasteiger partial charge in [0.05, 0.1) is 7.11 Å². The summed E-state index contributed by atoms with van der Waals surface area (Å²) in [4.78, 5) is 0. The molecule has 0 aliphatic rings. The van der Waals surface area contributed by atoms with Crippen molar-refractivity contribution in [2.45, 2.75) is 19.8 Å². The van der Waals surface area contributed by atoms with Gasteiger partial charge in [-0.15, -0.1) is 0 Å². The van der Waals surface area contributed by atoms with Crippen LogP contribution in [0.1, 0.15) is 18.9 Å². The molecule has 3 aromatic carbocycles. The summed E-state index contributed by atoms with van der Waals surface area (Å²) < 4.78 is 5.28. The van der Waals surface area contributed by atoms with Gasteiger partial charge in [0.15, 0.2) is 0 Å². The van der Waals surface area contributed by atoms with Crippen LogP contribution >= 0.6 is 0 Å². The predicted molar refractivity (Wildman–Crippen MR) is 97.9 cm³/mol. The lowest BCUT2D eigenvalue weighted by Gasteiger charge is -2.13. The highest BCUT2D eigenvalue weighted by atomic mass is 16.5. The molecule has 1 heteroatoms. The number of aryl methyl sites for hydroxylation is 1. The lowest BCUT2D eigenvalue weighted by Crippen LogP contribution is -1.90. The van der Waals surface area contributed by atoms with Crippen LogP contribution < -0.4 is 4.74 Å². The Hall–Kier alpha value is -2.54. The molecule has 0 heterocycles. The van der Waals surface area contributed by atoms with Crippen LogP contribution in [0, 0.1) is 0 Å². The molecule has 0 unspecified atom stereocenters. The van der Waals surface area contributed by atoms with Crippen LogP contribution in [0.15, 0.2) is 72.8 Å². The second-order valence-electron chi connectivity index (χ2n) is 5.72. The molecular weight excluding hydrogens is 280 g/mol. The summed E-state index contributed by atoms with van der Waals surface area (Å²) in [7, 11) is 1.70. The molecule has 0 aliphatic heterocycles. The lowest BCUT2D eigenvalue weighted by atomic mass is 9.92. The zero-order valence-electron chi connectivity index (χ0n) is 13.8. The summed E-state index contributed by atoms with van der Waals surface area (Å²) in [5.41, 5.74) is 6.42. The summed E-state index contributed by atoms with van der Waals surface area (Å²) in [6, 6.07) is 25.7. The molecule has 0 spiro atoms. The van der Waals surface area contributed by atoms with Gasteiger partial charge in [0.1, 0.15) is 5.75 Å². The van der Waals surface area contributed by atoms with Crippen molar-refractivity contribution in [2.24, 2.45) is 0 Å². The third-order valence-corrected chi connectivity index (χ3v) is 4.11. The van der Waals surface area contributed by atoms with Gasteiger partial charge < -0.3 is 4.74 Å².